The van der Waals surface area contributed by atoms with E-state index in [0.717, 1.165) is 5.75 Å². The maximum Gasteiger partial charge on any atom is 0.238 e. The average Bonchev–Trinajstić information content (AvgIpc) is 2.38. The molecule has 0 fully saturated rings. The second-order valence-electron chi connectivity index (χ2n) is 3.38. The maximum atomic E-state index is 5.64. The summed E-state index contributed by atoms with van der Waals surface area (Å²) in [6, 6.07) is 7.26. The van der Waals surface area contributed by atoms with Crippen LogP contribution in [0, 0.1) is 0 Å². The first-order chi connectivity index (χ1) is 8.70. The first kappa shape index (κ1) is 12.6. The molecule has 0 aliphatic rings. The summed E-state index contributed by atoms with van der Waals surface area (Å²) in [5, 5.41) is 0. The van der Waals surface area contributed by atoms with E-state index in [1.807, 2.05) is 19.1 Å². The van der Waals surface area contributed by atoms with Gasteiger partial charge < -0.3 is 15.2 Å². The minimum Gasteiger partial charge on any atom is -0.494 e. The Morgan fingerprint density at radius 1 is 1.17 bits per heavy atom. The topological polar surface area (TPSA) is 70.3 Å². The van der Waals surface area contributed by atoms with E-state index in [1.54, 1.807) is 12.1 Å². The van der Waals surface area contributed by atoms with Crippen LogP contribution in [-0.4, -0.2) is 16.6 Å². The Hall–Kier alpha value is -1.82. The predicted molar refractivity (Wildman–Crippen MR) is 71.8 cm³/mol. The van der Waals surface area contributed by atoms with E-state index >= 15 is 0 Å². The third-order valence-corrected chi connectivity index (χ3v) is 2.88. The summed E-state index contributed by atoms with van der Waals surface area (Å²) in [6.45, 7) is 2.57. The zero-order valence-corrected chi connectivity index (χ0v) is 11.3. The first-order valence-corrected chi connectivity index (χ1v) is 6.16. The van der Waals surface area contributed by atoms with E-state index in [-0.39, 0.29) is 0 Å². The number of hydrogen-bond acceptors (Lipinski definition) is 5. The van der Waals surface area contributed by atoms with Gasteiger partial charge in [-0.25, -0.2) is 9.97 Å². The lowest BCUT2D eigenvalue weighted by Gasteiger charge is -2.08. The van der Waals surface area contributed by atoms with Crippen LogP contribution in [0.2, 0.25) is 0 Å². The van der Waals surface area contributed by atoms with Crippen molar-refractivity contribution in [3.05, 3.63) is 35.1 Å². The van der Waals surface area contributed by atoms with E-state index in [0.29, 0.717) is 28.5 Å². The van der Waals surface area contributed by atoms with Crippen molar-refractivity contribution in [1.29, 1.82) is 0 Å². The molecule has 0 atom stereocenters. The van der Waals surface area contributed by atoms with Crippen molar-refractivity contribution in [2.75, 3.05) is 12.3 Å². The Morgan fingerprint density at radius 2 is 1.83 bits per heavy atom. The molecule has 18 heavy (non-hydrogen) atoms. The molecular weight excluding hydrogens is 298 g/mol. The number of ether oxygens (including phenoxy) is 2. The molecule has 0 unspecified atom stereocenters. The summed E-state index contributed by atoms with van der Waals surface area (Å²) in [5.74, 6) is 2.17. The van der Waals surface area contributed by atoms with Gasteiger partial charge in [0, 0.05) is 0 Å². The Labute approximate surface area is 113 Å². The second kappa shape index (κ2) is 5.68. The molecule has 0 spiro atoms. The molecule has 0 aliphatic carbocycles. The summed E-state index contributed by atoms with van der Waals surface area (Å²) in [6.07, 6.45) is 1.35. The highest BCUT2D eigenvalue weighted by molar-refractivity contribution is 9.10. The van der Waals surface area contributed by atoms with Gasteiger partial charge in [-0.1, -0.05) is 0 Å². The molecule has 1 aromatic heterocycles. The maximum absolute atomic E-state index is 5.64. The summed E-state index contributed by atoms with van der Waals surface area (Å²) in [7, 11) is 0. The largest absolute Gasteiger partial charge is 0.494 e. The fourth-order valence-electron chi connectivity index (χ4n) is 1.32. The molecule has 0 bridgehead atoms. The zero-order chi connectivity index (χ0) is 13.0. The van der Waals surface area contributed by atoms with Crippen LogP contribution in [-0.2, 0) is 0 Å². The van der Waals surface area contributed by atoms with Crippen molar-refractivity contribution < 1.29 is 9.47 Å². The quantitative estimate of drug-likeness (QED) is 0.940. The van der Waals surface area contributed by atoms with Crippen LogP contribution in [0.5, 0.6) is 17.4 Å². The highest BCUT2D eigenvalue weighted by Gasteiger charge is 2.08. The number of benzene rings is 1. The molecule has 5 nitrogen and oxygen atoms in total. The molecule has 0 saturated heterocycles. The zero-order valence-electron chi connectivity index (χ0n) is 9.76. The highest BCUT2D eigenvalue weighted by atomic mass is 79.9. The first-order valence-electron chi connectivity index (χ1n) is 5.37. The fourth-order valence-corrected chi connectivity index (χ4v) is 1.61. The van der Waals surface area contributed by atoms with Crippen LogP contribution < -0.4 is 15.2 Å². The second-order valence-corrected chi connectivity index (χ2v) is 4.18. The van der Waals surface area contributed by atoms with Crippen LogP contribution >= 0.6 is 15.9 Å². The monoisotopic (exact) mass is 309 g/mol. The van der Waals surface area contributed by atoms with Crippen molar-refractivity contribution >= 4 is 21.7 Å². The van der Waals surface area contributed by atoms with E-state index < -0.39 is 0 Å². The lowest BCUT2D eigenvalue weighted by Crippen LogP contribution is -1.96. The van der Waals surface area contributed by atoms with E-state index in [1.165, 1.54) is 6.33 Å². The number of rotatable bonds is 4. The van der Waals surface area contributed by atoms with E-state index in [2.05, 4.69) is 25.9 Å². The molecule has 1 heterocycles. The van der Waals surface area contributed by atoms with Crippen molar-refractivity contribution in [1.82, 2.24) is 9.97 Å². The number of anilines is 1. The van der Waals surface area contributed by atoms with Crippen LogP contribution in [0.25, 0.3) is 0 Å². The molecule has 2 N–H and O–H groups in total. The van der Waals surface area contributed by atoms with Gasteiger partial charge in [-0.3, -0.25) is 0 Å². The Morgan fingerprint density at radius 3 is 2.50 bits per heavy atom. The fraction of sp³-hybridized carbons (Fsp3) is 0.167. The number of nitrogens with zero attached hydrogens (tertiary/aromatic N) is 2. The SMILES string of the molecule is CCOc1ccc(Oc2ncnc(N)c2Br)cc1. The third-order valence-electron chi connectivity index (χ3n) is 2.13. The van der Waals surface area contributed by atoms with Crippen molar-refractivity contribution in [2.24, 2.45) is 0 Å². The minimum atomic E-state index is 0.339. The van der Waals surface area contributed by atoms with Crippen LogP contribution in [0.3, 0.4) is 0 Å². The molecule has 0 amide bonds. The van der Waals surface area contributed by atoms with Gasteiger partial charge in [0.15, 0.2) is 0 Å². The van der Waals surface area contributed by atoms with Crippen LogP contribution in [0.4, 0.5) is 5.82 Å². The summed E-state index contributed by atoms with van der Waals surface area (Å²) in [5.41, 5.74) is 5.64. The number of halogens is 1. The predicted octanol–water partition coefficient (Wildman–Crippen LogP) is 3.01. The summed E-state index contributed by atoms with van der Waals surface area (Å²) >= 11 is 3.28. The molecule has 2 aromatic rings. The van der Waals surface area contributed by atoms with E-state index in [9.17, 15) is 0 Å². The molecule has 1 aromatic carbocycles. The van der Waals surface area contributed by atoms with Gasteiger partial charge in [-0.2, -0.15) is 0 Å². The van der Waals surface area contributed by atoms with Gasteiger partial charge in [0.2, 0.25) is 5.88 Å². The van der Waals surface area contributed by atoms with Crippen LogP contribution in [0.1, 0.15) is 6.92 Å². The highest BCUT2D eigenvalue weighted by Crippen LogP contribution is 2.30. The molecule has 0 radical (unpaired) electrons. The van der Waals surface area contributed by atoms with Gasteiger partial charge in [0.05, 0.1) is 6.61 Å². The van der Waals surface area contributed by atoms with Gasteiger partial charge >= 0.3 is 0 Å². The van der Waals surface area contributed by atoms with Crippen molar-refractivity contribution in [2.45, 2.75) is 6.92 Å². The number of nitrogens with two attached hydrogens (primary N) is 1. The summed E-state index contributed by atoms with van der Waals surface area (Å²) in [4.78, 5) is 7.84. The van der Waals surface area contributed by atoms with Crippen molar-refractivity contribution in [3.63, 3.8) is 0 Å². The Balaban J connectivity index is 2.16. The Kier molecular flexibility index (Phi) is 3.99. The molecule has 0 saturated carbocycles. The van der Waals surface area contributed by atoms with Gasteiger partial charge in [0.25, 0.3) is 0 Å². The van der Waals surface area contributed by atoms with E-state index in [4.69, 9.17) is 15.2 Å². The molecule has 94 valence electrons. The lowest BCUT2D eigenvalue weighted by molar-refractivity contribution is 0.339. The number of hydrogen-bond donors (Lipinski definition) is 1. The Bertz CT molecular complexity index is 531. The number of nitrogen functional groups attached to an aromatic ring is 1. The van der Waals surface area contributed by atoms with Crippen LogP contribution in [0.15, 0.2) is 35.1 Å². The smallest absolute Gasteiger partial charge is 0.238 e. The average molecular weight is 310 g/mol. The molecule has 0 aliphatic heterocycles. The lowest BCUT2D eigenvalue weighted by atomic mass is 10.3. The standard InChI is InChI=1S/C12H12BrN3O2/c1-2-17-8-3-5-9(6-4-8)18-12-10(13)11(14)15-7-16-12/h3-7H,2H2,1H3,(H2,14,15,16). The normalized spacial score (nSPS) is 10.1. The van der Waals surface area contributed by atoms with Gasteiger partial charge in [0.1, 0.15) is 28.1 Å². The molecule has 6 heteroatoms. The van der Waals surface area contributed by atoms with Gasteiger partial charge in [-0.15, -0.1) is 0 Å². The van der Waals surface area contributed by atoms with Crippen molar-refractivity contribution in [3.8, 4) is 17.4 Å². The minimum absolute atomic E-state index is 0.339. The third kappa shape index (κ3) is 2.89. The number of aromatic nitrogens is 2. The molecular formula is C12H12BrN3O2. The van der Waals surface area contributed by atoms with Gasteiger partial charge in [-0.05, 0) is 47.1 Å². The molecule has 2 rings (SSSR count). The summed E-state index contributed by atoms with van der Waals surface area (Å²) < 4.78 is 11.5.